The molecule has 0 spiro atoms. The third kappa shape index (κ3) is 6.87. The summed E-state index contributed by atoms with van der Waals surface area (Å²) in [5, 5.41) is 13.9. The lowest BCUT2D eigenvalue weighted by molar-refractivity contribution is 0.169. The smallest absolute Gasteiger partial charge is 0.191 e. The quantitative estimate of drug-likeness (QED) is 0.309. The lowest BCUT2D eigenvalue weighted by atomic mass is 9.98. The van der Waals surface area contributed by atoms with Crippen LogP contribution in [0.2, 0.25) is 0 Å². The summed E-state index contributed by atoms with van der Waals surface area (Å²) in [6.07, 6.45) is 4.50. The van der Waals surface area contributed by atoms with Crippen LogP contribution in [0.1, 0.15) is 35.8 Å². The lowest BCUT2D eigenvalue weighted by Gasteiger charge is -2.33. The molecule has 2 aromatic rings. The van der Waals surface area contributed by atoms with Gasteiger partial charge in [-0.05, 0) is 43.2 Å². The zero-order valence-electron chi connectivity index (χ0n) is 18.4. The number of ether oxygens (including phenoxy) is 1. The maximum absolute atomic E-state index is 5.15. The number of nitrogens with one attached hydrogen (secondary N) is 2. The molecule has 10 heteroatoms. The molecule has 2 aromatic heterocycles. The molecule has 2 atom stereocenters. The molecule has 0 aromatic carbocycles. The molecule has 4 heterocycles. The molecule has 2 unspecified atom stereocenters. The van der Waals surface area contributed by atoms with Crippen LogP contribution in [0.4, 0.5) is 0 Å². The van der Waals surface area contributed by atoms with Crippen LogP contribution in [-0.2, 0) is 30.9 Å². The van der Waals surface area contributed by atoms with E-state index >= 15 is 0 Å². The average Bonchev–Trinajstić information content (AvgIpc) is 3.40. The lowest BCUT2D eigenvalue weighted by Crippen LogP contribution is -2.49. The molecular formula is C21H34IN7OS. The number of rotatable bonds is 7. The monoisotopic (exact) mass is 559 g/mol. The highest BCUT2D eigenvalue weighted by atomic mass is 127. The van der Waals surface area contributed by atoms with E-state index in [1.165, 1.54) is 24.3 Å². The van der Waals surface area contributed by atoms with Crippen LogP contribution < -0.4 is 10.6 Å². The fourth-order valence-corrected chi connectivity index (χ4v) is 5.13. The van der Waals surface area contributed by atoms with Crippen molar-refractivity contribution in [3.05, 3.63) is 34.0 Å². The predicted molar refractivity (Wildman–Crippen MR) is 135 cm³/mol. The van der Waals surface area contributed by atoms with Gasteiger partial charge in [0.05, 0.1) is 6.54 Å². The number of aliphatic imine (C=N–C) groups is 1. The number of methoxy groups -OCH3 is 1. The topological polar surface area (TPSA) is 79.6 Å². The van der Waals surface area contributed by atoms with Gasteiger partial charge in [-0.3, -0.25) is 9.89 Å². The van der Waals surface area contributed by atoms with Gasteiger partial charge in [0.2, 0.25) is 0 Å². The standard InChI is InChI=1S/C21H33N7OS.HI/c1-22-21(24-17-7-8-20-25-19(15-29-2)26-28(20)13-17)23-11-16-5-3-9-27(12-16)14-18-6-4-10-30-18;/h4,6,10,16-17H,3,5,7-9,11-15H2,1-2H3,(H2,22,23,24);1H. The third-order valence-corrected chi connectivity index (χ3v) is 6.72. The average molecular weight is 560 g/mol. The minimum Gasteiger partial charge on any atom is -0.377 e. The molecule has 0 radical (unpaired) electrons. The number of thiophene rings is 1. The first-order chi connectivity index (χ1) is 14.7. The molecule has 0 aliphatic carbocycles. The number of fused-ring (bicyclic) bond motifs is 1. The van der Waals surface area contributed by atoms with E-state index in [0.29, 0.717) is 18.6 Å². The number of guanidine groups is 1. The second-order valence-electron chi connectivity index (χ2n) is 8.22. The molecule has 8 nitrogen and oxygen atoms in total. The Morgan fingerprint density at radius 1 is 1.35 bits per heavy atom. The summed E-state index contributed by atoms with van der Waals surface area (Å²) in [6.45, 7) is 5.66. The van der Waals surface area contributed by atoms with Crippen molar-refractivity contribution >= 4 is 41.3 Å². The van der Waals surface area contributed by atoms with Gasteiger partial charge in [0.25, 0.3) is 0 Å². The first-order valence-electron chi connectivity index (χ1n) is 10.9. The van der Waals surface area contributed by atoms with E-state index in [0.717, 1.165) is 56.6 Å². The van der Waals surface area contributed by atoms with Crippen LogP contribution in [0.3, 0.4) is 0 Å². The molecule has 4 rings (SSSR count). The fraction of sp³-hybridized carbons (Fsp3) is 0.667. The van der Waals surface area contributed by atoms with Gasteiger partial charge in [-0.1, -0.05) is 6.07 Å². The van der Waals surface area contributed by atoms with Crippen LogP contribution >= 0.6 is 35.3 Å². The number of nitrogens with zero attached hydrogens (tertiary/aromatic N) is 5. The maximum Gasteiger partial charge on any atom is 0.191 e. The van der Waals surface area contributed by atoms with Gasteiger partial charge in [0, 0.05) is 51.1 Å². The zero-order chi connectivity index (χ0) is 20.8. The first kappa shape index (κ1) is 24.4. The Morgan fingerprint density at radius 2 is 2.26 bits per heavy atom. The summed E-state index contributed by atoms with van der Waals surface area (Å²) >= 11 is 1.85. The van der Waals surface area contributed by atoms with E-state index in [-0.39, 0.29) is 24.0 Å². The summed E-state index contributed by atoms with van der Waals surface area (Å²) in [6, 6.07) is 4.69. The van der Waals surface area contributed by atoms with Crippen LogP contribution in [0.5, 0.6) is 0 Å². The van der Waals surface area contributed by atoms with Gasteiger partial charge < -0.3 is 15.4 Å². The largest absolute Gasteiger partial charge is 0.377 e. The second kappa shape index (κ2) is 12.1. The van der Waals surface area contributed by atoms with Crippen molar-refractivity contribution < 1.29 is 4.74 Å². The van der Waals surface area contributed by atoms with Gasteiger partial charge in [0.15, 0.2) is 11.8 Å². The van der Waals surface area contributed by atoms with Crippen molar-refractivity contribution in [2.24, 2.45) is 10.9 Å². The highest BCUT2D eigenvalue weighted by Gasteiger charge is 2.24. The normalized spacial score (nSPS) is 21.9. The Kier molecular flexibility index (Phi) is 9.54. The second-order valence-corrected chi connectivity index (χ2v) is 9.25. The van der Waals surface area contributed by atoms with Crippen LogP contribution in [-0.4, -0.2) is 65.5 Å². The van der Waals surface area contributed by atoms with Crippen molar-refractivity contribution in [3.8, 4) is 0 Å². The van der Waals surface area contributed by atoms with Crippen molar-refractivity contribution in [3.63, 3.8) is 0 Å². The number of aryl methyl sites for hydroxylation is 1. The highest BCUT2D eigenvalue weighted by Crippen LogP contribution is 2.20. The van der Waals surface area contributed by atoms with Gasteiger partial charge >= 0.3 is 0 Å². The van der Waals surface area contributed by atoms with Crippen molar-refractivity contribution in [1.29, 1.82) is 0 Å². The van der Waals surface area contributed by atoms with E-state index in [2.05, 4.69) is 48.1 Å². The van der Waals surface area contributed by atoms with Crippen molar-refractivity contribution in [1.82, 2.24) is 30.3 Å². The van der Waals surface area contributed by atoms with Gasteiger partial charge in [-0.15, -0.1) is 35.3 Å². The fourth-order valence-electron chi connectivity index (χ4n) is 4.38. The highest BCUT2D eigenvalue weighted by molar-refractivity contribution is 14.0. The van der Waals surface area contributed by atoms with E-state index < -0.39 is 0 Å². The Hall–Kier alpha value is -1.24. The third-order valence-electron chi connectivity index (χ3n) is 5.86. The van der Waals surface area contributed by atoms with Crippen LogP contribution in [0, 0.1) is 5.92 Å². The molecule has 0 saturated carbocycles. The van der Waals surface area contributed by atoms with Gasteiger partial charge in [0.1, 0.15) is 12.4 Å². The molecule has 2 aliphatic heterocycles. The summed E-state index contributed by atoms with van der Waals surface area (Å²) < 4.78 is 7.16. The number of hydrogen-bond acceptors (Lipinski definition) is 6. The summed E-state index contributed by atoms with van der Waals surface area (Å²) in [4.78, 5) is 13.1. The van der Waals surface area contributed by atoms with E-state index in [1.807, 2.05) is 23.1 Å². The van der Waals surface area contributed by atoms with Gasteiger partial charge in [-0.25, -0.2) is 9.67 Å². The Balaban J connectivity index is 0.00000272. The van der Waals surface area contributed by atoms with E-state index in [9.17, 15) is 0 Å². The summed E-state index contributed by atoms with van der Waals surface area (Å²) in [7, 11) is 3.52. The molecular weight excluding hydrogens is 525 g/mol. The molecule has 0 amide bonds. The van der Waals surface area contributed by atoms with Crippen molar-refractivity contribution in [2.45, 2.75) is 51.4 Å². The zero-order valence-corrected chi connectivity index (χ0v) is 21.6. The van der Waals surface area contributed by atoms with Crippen LogP contribution in [0.25, 0.3) is 0 Å². The number of likely N-dealkylation sites (tertiary alicyclic amines) is 1. The number of halogens is 1. The Bertz CT molecular complexity index is 826. The summed E-state index contributed by atoms with van der Waals surface area (Å²) in [5.41, 5.74) is 0. The maximum atomic E-state index is 5.15. The molecule has 172 valence electrons. The Morgan fingerprint density at radius 3 is 3.03 bits per heavy atom. The molecule has 2 aliphatic rings. The first-order valence-corrected chi connectivity index (χ1v) is 11.7. The molecule has 1 fully saturated rings. The molecule has 1 saturated heterocycles. The molecule has 31 heavy (non-hydrogen) atoms. The van der Waals surface area contributed by atoms with Crippen molar-refractivity contribution in [2.75, 3.05) is 33.8 Å². The van der Waals surface area contributed by atoms with Crippen LogP contribution in [0.15, 0.2) is 22.5 Å². The minimum absolute atomic E-state index is 0. The minimum atomic E-state index is 0. The number of aromatic nitrogens is 3. The van der Waals surface area contributed by atoms with E-state index in [4.69, 9.17) is 4.74 Å². The number of hydrogen-bond donors (Lipinski definition) is 2. The van der Waals surface area contributed by atoms with Gasteiger partial charge in [-0.2, -0.15) is 5.10 Å². The molecule has 0 bridgehead atoms. The molecule has 2 N–H and O–H groups in total. The van der Waals surface area contributed by atoms with E-state index in [1.54, 1.807) is 7.11 Å². The number of piperidine rings is 1. The predicted octanol–water partition coefficient (Wildman–Crippen LogP) is 2.50. The Labute approximate surface area is 205 Å². The SMILES string of the molecule is CN=C(NCC1CCCN(Cc2cccs2)C1)NC1CCc2nc(COC)nn2C1.I. The summed E-state index contributed by atoms with van der Waals surface area (Å²) in [5.74, 6) is 3.36.